The van der Waals surface area contributed by atoms with E-state index in [4.69, 9.17) is 0 Å². The number of pyridine rings is 1. The van der Waals surface area contributed by atoms with Crippen molar-refractivity contribution in [2.24, 2.45) is 5.92 Å². The number of halogens is 1. The van der Waals surface area contributed by atoms with Crippen LogP contribution in [0.2, 0.25) is 0 Å². The van der Waals surface area contributed by atoms with Gasteiger partial charge in [0, 0.05) is 24.6 Å². The van der Waals surface area contributed by atoms with Crippen LogP contribution >= 0.6 is 0 Å². The fourth-order valence-corrected chi connectivity index (χ4v) is 3.46. The molecule has 6 nitrogen and oxygen atoms in total. The molecule has 1 aliphatic heterocycles. The van der Waals surface area contributed by atoms with Gasteiger partial charge in [-0.25, -0.2) is 14.2 Å². The van der Waals surface area contributed by atoms with Gasteiger partial charge in [-0.2, -0.15) is 0 Å². The predicted octanol–water partition coefficient (Wildman–Crippen LogP) is 3.46. The number of aromatic nitrogens is 1. The Morgan fingerprint density at radius 3 is 2.54 bits per heavy atom. The van der Waals surface area contributed by atoms with Crippen LogP contribution in [0, 0.1) is 11.7 Å². The van der Waals surface area contributed by atoms with Crippen LogP contribution in [0.1, 0.15) is 42.7 Å². The first-order valence-electron chi connectivity index (χ1n) is 8.34. The highest BCUT2D eigenvalue weighted by atomic mass is 19.1. The number of nitrogens with one attached hydrogen (secondary N) is 1. The smallest absolute Gasteiger partial charge is 0.335 e. The van der Waals surface area contributed by atoms with E-state index in [1.54, 1.807) is 17.0 Å². The number of fused-ring (bicyclic) bond motifs is 1. The third-order valence-corrected chi connectivity index (χ3v) is 4.93. The summed E-state index contributed by atoms with van der Waals surface area (Å²) in [6.07, 6.45) is 1.12. The summed E-state index contributed by atoms with van der Waals surface area (Å²) in [5.41, 5.74) is 1.53. The summed E-state index contributed by atoms with van der Waals surface area (Å²) in [7, 11) is 0. The summed E-state index contributed by atoms with van der Waals surface area (Å²) < 4.78 is 13.1. The molecule has 1 unspecified atom stereocenters. The van der Waals surface area contributed by atoms with E-state index >= 15 is 0 Å². The summed E-state index contributed by atoms with van der Waals surface area (Å²) in [6, 6.07) is 7.20. The van der Waals surface area contributed by atoms with Gasteiger partial charge in [0.15, 0.2) is 0 Å². The zero-order valence-electron chi connectivity index (χ0n) is 14.7. The molecule has 3 atom stereocenters. The van der Waals surface area contributed by atoms with Crippen LogP contribution in [0.25, 0.3) is 0 Å². The number of amides is 1. The molecule has 0 saturated carbocycles. The first-order chi connectivity index (χ1) is 12.3. The van der Waals surface area contributed by atoms with E-state index < -0.39 is 11.8 Å². The fourth-order valence-electron chi connectivity index (χ4n) is 3.46. The van der Waals surface area contributed by atoms with Gasteiger partial charge in [0.25, 0.3) is 0 Å². The zero-order chi connectivity index (χ0) is 19.0. The standard InChI is InChI=1S/C19H20FN3O3/c1-10-11(2)23(12(3)24)16-6-4-13(19(25)26)8-15(16)18(10)22-17-7-5-14(20)9-21-17/h4-11,18H,1-3H3,(H,21,22)(H,25,26)/t10-,11-,18?/m0/s1. The monoisotopic (exact) mass is 357 g/mol. The first kappa shape index (κ1) is 17.8. The number of aromatic carboxylic acids is 1. The van der Waals surface area contributed by atoms with Crippen molar-refractivity contribution in [2.45, 2.75) is 32.9 Å². The molecule has 7 heteroatoms. The highest BCUT2D eigenvalue weighted by Crippen LogP contribution is 2.42. The molecule has 1 aromatic carbocycles. The van der Waals surface area contributed by atoms with Crippen LogP contribution in [0.3, 0.4) is 0 Å². The SMILES string of the molecule is CC(=O)N1c2ccc(C(=O)O)cc2C(Nc2ccc(F)cn2)[C@@H](C)[C@@H]1C. The Bertz CT molecular complexity index is 854. The maximum absolute atomic E-state index is 13.1. The minimum absolute atomic E-state index is 0.0257. The van der Waals surface area contributed by atoms with Crippen molar-refractivity contribution in [2.75, 3.05) is 10.2 Å². The Balaban J connectivity index is 2.09. The molecule has 2 aromatic rings. The fraction of sp³-hybridized carbons (Fsp3) is 0.316. The van der Waals surface area contributed by atoms with Crippen LogP contribution in [-0.2, 0) is 4.79 Å². The molecule has 1 amide bonds. The lowest BCUT2D eigenvalue weighted by Crippen LogP contribution is -2.48. The van der Waals surface area contributed by atoms with Gasteiger partial charge in [-0.3, -0.25) is 4.79 Å². The van der Waals surface area contributed by atoms with E-state index in [-0.39, 0.29) is 29.5 Å². The highest BCUT2D eigenvalue weighted by molar-refractivity contribution is 5.95. The number of nitrogens with zero attached hydrogens (tertiary/aromatic N) is 2. The summed E-state index contributed by atoms with van der Waals surface area (Å²) in [5, 5.41) is 12.6. The Labute approximate surface area is 150 Å². The third kappa shape index (κ3) is 3.12. The Morgan fingerprint density at radius 1 is 1.23 bits per heavy atom. The molecule has 0 fully saturated rings. The van der Waals surface area contributed by atoms with Crippen molar-refractivity contribution in [1.29, 1.82) is 0 Å². The number of carboxylic acids is 1. The molecule has 1 aromatic heterocycles. The topological polar surface area (TPSA) is 82.5 Å². The van der Waals surface area contributed by atoms with E-state index in [9.17, 15) is 19.1 Å². The molecule has 0 bridgehead atoms. The summed E-state index contributed by atoms with van der Waals surface area (Å²) >= 11 is 0. The molecule has 0 aliphatic carbocycles. The lowest BCUT2D eigenvalue weighted by atomic mass is 9.82. The quantitative estimate of drug-likeness (QED) is 0.879. The lowest BCUT2D eigenvalue weighted by molar-refractivity contribution is -0.117. The van der Waals surface area contributed by atoms with Gasteiger partial charge in [0.05, 0.1) is 17.8 Å². The maximum Gasteiger partial charge on any atom is 0.335 e. The minimum atomic E-state index is -1.04. The van der Waals surface area contributed by atoms with Crippen LogP contribution < -0.4 is 10.2 Å². The molecule has 1 aliphatic rings. The Hall–Kier alpha value is -2.96. The van der Waals surface area contributed by atoms with Gasteiger partial charge in [0.2, 0.25) is 5.91 Å². The van der Waals surface area contributed by atoms with Crippen molar-refractivity contribution in [3.05, 3.63) is 53.5 Å². The number of hydrogen-bond donors (Lipinski definition) is 2. The summed E-state index contributed by atoms with van der Waals surface area (Å²) in [4.78, 5) is 29.3. The Kier molecular flexibility index (Phi) is 4.63. The average Bonchev–Trinajstić information content (AvgIpc) is 2.60. The molecule has 2 N–H and O–H groups in total. The maximum atomic E-state index is 13.1. The third-order valence-electron chi connectivity index (χ3n) is 4.93. The van der Waals surface area contributed by atoms with Gasteiger partial charge in [-0.15, -0.1) is 0 Å². The van der Waals surface area contributed by atoms with Crippen molar-refractivity contribution in [3.8, 4) is 0 Å². The first-order valence-corrected chi connectivity index (χ1v) is 8.34. The van der Waals surface area contributed by atoms with E-state index in [1.807, 2.05) is 13.8 Å². The largest absolute Gasteiger partial charge is 0.478 e. The minimum Gasteiger partial charge on any atom is -0.478 e. The van der Waals surface area contributed by atoms with Crippen molar-refractivity contribution in [1.82, 2.24) is 4.98 Å². The molecule has 0 saturated heterocycles. The number of hydrogen-bond acceptors (Lipinski definition) is 4. The molecule has 0 radical (unpaired) electrons. The normalized spacial score (nSPS) is 21.8. The van der Waals surface area contributed by atoms with Crippen molar-refractivity contribution >= 4 is 23.4 Å². The van der Waals surface area contributed by atoms with Gasteiger partial charge < -0.3 is 15.3 Å². The number of carbonyl (C=O) groups excluding carboxylic acids is 1. The molecule has 3 rings (SSSR count). The van der Waals surface area contributed by atoms with Crippen molar-refractivity contribution < 1.29 is 19.1 Å². The summed E-state index contributed by atoms with van der Waals surface area (Å²) in [5.74, 6) is -1.11. The second-order valence-electron chi connectivity index (χ2n) is 6.55. The van der Waals surface area contributed by atoms with E-state index in [0.717, 1.165) is 6.20 Å². The van der Waals surface area contributed by atoms with E-state index in [0.29, 0.717) is 17.1 Å². The van der Waals surface area contributed by atoms with Gasteiger partial charge in [-0.1, -0.05) is 6.92 Å². The van der Waals surface area contributed by atoms with E-state index in [2.05, 4.69) is 10.3 Å². The molecule has 26 heavy (non-hydrogen) atoms. The highest BCUT2D eigenvalue weighted by Gasteiger charge is 2.38. The van der Waals surface area contributed by atoms with Gasteiger partial charge >= 0.3 is 5.97 Å². The predicted molar refractivity (Wildman–Crippen MR) is 95.7 cm³/mol. The molecule has 2 heterocycles. The molecular weight excluding hydrogens is 337 g/mol. The van der Waals surface area contributed by atoms with Crippen LogP contribution in [0.4, 0.5) is 15.9 Å². The Morgan fingerprint density at radius 2 is 1.96 bits per heavy atom. The van der Waals surface area contributed by atoms with Crippen LogP contribution in [0.15, 0.2) is 36.5 Å². The van der Waals surface area contributed by atoms with Crippen molar-refractivity contribution in [3.63, 3.8) is 0 Å². The van der Waals surface area contributed by atoms with Gasteiger partial charge in [-0.05, 0) is 42.8 Å². The van der Waals surface area contributed by atoms with E-state index in [1.165, 1.54) is 25.1 Å². The molecular formula is C19H20FN3O3. The molecule has 0 spiro atoms. The lowest BCUT2D eigenvalue weighted by Gasteiger charge is -2.44. The number of carbonyl (C=O) groups is 2. The average molecular weight is 357 g/mol. The van der Waals surface area contributed by atoms with Crippen LogP contribution in [0.5, 0.6) is 0 Å². The zero-order valence-corrected chi connectivity index (χ0v) is 14.7. The van der Waals surface area contributed by atoms with Gasteiger partial charge in [0.1, 0.15) is 11.6 Å². The summed E-state index contributed by atoms with van der Waals surface area (Å²) in [6.45, 7) is 5.43. The number of anilines is 2. The number of rotatable bonds is 3. The second kappa shape index (κ2) is 6.74. The second-order valence-corrected chi connectivity index (χ2v) is 6.55. The number of benzene rings is 1. The number of carboxylic acid groups (broad SMARTS) is 1. The molecule has 136 valence electrons. The van der Waals surface area contributed by atoms with Crippen LogP contribution in [-0.4, -0.2) is 28.0 Å².